The first-order chi connectivity index (χ1) is 6.12. The monoisotopic (exact) mass is 194 g/mol. The zero-order valence-corrected chi connectivity index (χ0v) is 8.08. The van der Waals surface area contributed by atoms with Crippen molar-refractivity contribution in [3.8, 4) is 0 Å². The first-order valence-electron chi connectivity index (χ1n) is 4.13. The standard InChI is InChI=1S/C10H10O2S/c1-8-7-10(13(8,11)12)9-5-3-2-4-6-9/h2-8H,1H3/t8-/m0/s1. The summed E-state index contributed by atoms with van der Waals surface area (Å²) >= 11 is 0. The third kappa shape index (κ3) is 1.20. The Hall–Kier alpha value is -1.09. The Morgan fingerprint density at radius 3 is 2.23 bits per heavy atom. The molecule has 1 aliphatic rings. The quantitative estimate of drug-likeness (QED) is 0.683. The van der Waals surface area contributed by atoms with Crippen LogP contribution in [0.5, 0.6) is 0 Å². The number of benzene rings is 1. The topological polar surface area (TPSA) is 34.1 Å². The van der Waals surface area contributed by atoms with Gasteiger partial charge >= 0.3 is 0 Å². The normalized spacial score (nSPS) is 24.7. The van der Waals surface area contributed by atoms with E-state index in [-0.39, 0.29) is 5.25 Å². The molecule has 2 rings (SSSR count). The molecule has 0 fully saturated rings. The van der Waals surface area contributed by atoms with Crippen LogP contribution < -0.4 is 0 Å². The summed E-state index contributed by atoms with van der Waals surface area (Å²) in [6.07, 6.45) is 1.78. The van der Waals surface area contributed by atoms with E-state index in [1.165, 1.54) is 0 Å². The van der Waals surface area contributed by atoms with Gasteiger partial charge in [0.2, 0.25) is 0 Å². The van der Waals surface area contributed by atoms with Crippen molar-refractivity contribution in [2.24, 2.45) is 0 Å². The number of hydrogen-bond donors (Lipinski definition) is 0. The molecule has 1 aliphatic heterocycles. The minimum absolute atomic E-state index is 0.317. The second-order valence-electron chi connectivity index (χ2n) is 3.15. The lowest BCUT2D eigenvalue weighted by Gasteiger charge is -2.22. The molecule has 0 amide bonds. The molecule has 0 bridgehead atoms. The van der Waals surface area contributed by atoms with Gasteiger partial charge in [-0.25, -0.2) is 8.42 Å². The van der Waals surface area contributed by atoms with Crippen molar-refractivity contribution >= 4 is 14.7 Å². The van der Waals surface area contributed by atoms with Crippen LogP contribution in [0.15, 0.2) is 36.4 Å². The Kier molecular flexibility index (Phi) is 1.77. The van der Waals surface area contributed by atoms with Crippen LogP contribution in [0.1, 0.15) is 12.5 Å². The maximum Gasteiger partial charge on any atom is 0.184 e. The van der Waals surface area contributed by atoms with Gasteiger partial charge in [0.1, 0.15) is 0 Å². The van der Waals surface area contributed by atoms with Crippen LogP contribution in [0.25, 0.3) is 4.91 Å². The fourth-order valence-corrected chi connectivity index (χ4v) is 2.74. The molecule has 0 aromatic heterocycles. The number of sulfone groups is 1. The summed E-state index contributed by atoms with van der Waals surface area (Å²) in [5.74, 6) is 0. The number of rotatable bonds is 1. The second-order valence-corrected chi connectivity index (χ2v) is 5.42. The smallest absolute Gasteiger partial charge is 0.184 e. The van der Waals surface area contributed by atoms with Gasteiger partial charge in [0, 0.05) is 0 Å². The fraction of sp³-hybridized carbons (Fsp3) is 0.200. The highest BCUT2D eigenvalue weighted by molar-refractivity contribution is 8.02. The average molecular weight is 194 g/mol. The van der Waals surface area contributed by atoms with E-state index in [2.05, 4.69) is 0 Å². The first-order valence-corrected chi connectivity index (χ1v) is 5.68. The van der Waals surface area contributed by atoms with Crippen molar-refractivity contribution in [1.29, 1.82) is 0 Å². The predicted octanol–water partition coefficient (Wildman–Crippen LogP) is 1.84. The minimum atomic E-state index is -2.99. The molecule has 0 unspecified atom stereocenters. The van der Waals surface area contributed by atoms with Gasteiger partial charge in [0.25, 0.3) is 0 Å². The summed E-state index contributed by atoms with van der Waals surface area (Å²) in [5.41, 5.74) is 0.792. The van der Waals surface area contributed by atoms with Crippen LogP contribution in [0, 0.1) is 0 Å². The molecule has 68 valence electrons. The number of hydrogen-bond acceptors (Lipinski definition) is 2. The molecule has 1 aromatic rings. The Bertz CT molecular complexity index is 443. The maximum absolute atomic E-state index is 11.5. The third-order valence-electron chi connectivity index (χ3n) is 2.24. The summed E-state index contributed by atoms with van der Waals surface area (Å²) in [5, 5.41) is -0.317. The largest absolute Gasteiger partial charge is 0.223 e. The van der Waals surface area contributed by atoms with Crippen LogP contribution in [0.4, 0.5) is 0 Å². The summed E-state index contributed by atoms with van der Waals surface area (Å²) in [6, 6.07) is 9.19. The lowest BCUT2D eigenvalue weighted by atomic mass is 10.2. The van der Waals surface area contributed by atoms with Gasteiger partial charge in [-0.15, -0.1) is 0 Å². The molecular weight excluding hydrogens is 184 g/mol. The minimum Gasteiger partial charge on any atom is -0.223 e. The van der Waals surface area contributed by atoms with Gasteiger partial charge in [-0.05, 0) is 18.6 Å². The van der Waals surface area contributed by atoms with E-state index in [1.54, 1.807) is 13.0 Å². The van der Waals surface area contributed by atoms with Gasteiger partial charge in [-0.3, -0.25) is 0 Å². The van der Waals surface area contributed by atoms with Crippen molar-refractivity contribution < 1.29 is 8.42 Å². The Morgan fingerprint density at radius 1 is 1.15 bits per heavy atom. The van der Waals surface area contributed by atoms with Crippen molar-refractivity contribution in [3.63, 3.8) is 0 Å². The molecule has 3 heteroatoms. The van der Waals surface area contributed by atoms with E-state index in [0.717, 1.165) is 5.56 Å². The summed E-state index contributed by atoms with van der Waals surface area (Å²) in [4.78, 5) is 0.473. The molecule has 1 atom stereocenters. The van der Waals surface area contributed by atoms with Crippen molar-refractivity contribution in [2.75, 3.05) is 0 Å². The predicted molar refractivity (Wildman–Crippen MR) is 52.8 cm³/mol. The first kappa shape index (κ1) is 8.51. The Labute approximate surface area is 77.8 Å². The van der Waals surface area contributed by atoms with Crippen LogP contribution >= 0.6 is 0 Å². The molecule has 0 N–H and O–H groups in total. The summed E-state index contributed by atoms with van der Waals surface area (Å²) < 4.78 is 23.0. The van der Waals surface area contributed by atoms with Crippen LogP contribution in [-0.2, 0) is 9.84 Å². The molecule has 0 spiro atoms. The molecule has 0 radical (unpaired) electrons. The molecule has 1 aromatic carbocycles. The molecule has 1 heterocycles. The van der Waals surface area contributed by atoms with Gasteiger partial charge in [0.05, 0.1) is 10.2 Å². The van der Waals surface area contributed by atoms with E-state index in [9.17, 15) is 8.42 Å². The molecule has 0 aliphatic carbocycles. The SMILES string of the molecule is C[C@H]1C=C(c2ccccc2)S1(=O)=O. The zero-order valence-electron chi connectivity index (χ0n) is 7.27. The molecule has 0 saturated heterocycles. The zero-order chi connectivity index (χ0) is 9.47. The van der Waals surface area contributed by atoms with E-state index in [1.807, 2.05) is 30.3 Å². The maximum atomic E-state index is 11.5. The van der Waals surface area contributed by atoms with Crippen molar-refractivity contribution in [3.05, 3.63) is 42.0 Å². The summed E-state index contributed by atoms with van der Waals surface area (Å²) in [6.45, 7) is 1.70. The van der Waals surface area contributed by atoms with Crippen LogP contribution in [-0.4, -0.2) is 13.7 Å². The van der Waals surface area contributed by atoms with Gasteiger partial charge < -0.3 is 0 Å². The lowest BCUT2D eigenvalue weighted by Crippen LogP contribution is -2.26. The van der Waals surface area contributed by atoms with E-state index < -0.39 is 9.84 Å². The Balaban J connectivity index is 2.48. The van der Waals surface area contributed by atoms with E-state index in [4.69, 9.17) is 0 Å². The van der Waals surface area contributed by atoms with Gasteiger partial charge in [0.15, 0.2) is 9.84 Å². The van der Waals surface area contributed by atoms with Crippen molar-refractivity contribution in [1.82, 2.24) is 0 Å². The molecule has 2 nitrogen and oxygen atoms in total. The third-order valence-corrected chi connectivity index (χ3v) is 4.34. The van der Waals surface area contributed by atoms with E-state index in [0.29, 0.717) is 4.91 Å². The van der Waals surface area contributed by atoms with Crippen LogP contribution in [0.3, 0.4) is 0 Å². The lowest BCUT2D eigenvalue weighted by molar-refractivity contribution is 0.597. The highest BCUT2D eigenvalue weighted by Gasteiger charge is 2.34. The highest BCUT2D eigenvalue weighted by Crippen LogP contribution is 2.34. The Morgan fingerprint density at radius 2 is 1.77 bits per heavy atom. The van der Waals surface area contributed by atoms with Crippen molar-refractivity contribution in [2.45, 2.75) is 12.2 Å². The summed E-state index contributed by atoms with van der Waals surface area (Å²) in [7, 11) is -2.99. The van der Waals surface area contributed by atoms with E-state index >= 15 is 0 Å². The van der Waals surface area contributed by atoms with Gasteiger partial charge in [-0.2, -0.15) is 0 Å². The van der Waals surface area contributed by atoms with Crippen LogP contribution in [0.2, 0.25) is 0 Å². The van der Waals surface area contributed by atoms with Gasteiger partial charge in [-0.1, -0.05) is 30.3 Å². The average Bonchev–Trinajstić information content (AvgIpc) is 2.15. The molecular formula is C10H10O2S. The molecule has 13 heavy (non-hydrogen) atoms. The molecule has 0 saturated carbocycles. The highest BCUT2D eigenvalue weighted by atomic mass is 32.2. The second kappa shape index (κ2) is 2.70. The fourth-order valence-electron chi connectivity index (χ4n) is 1.39.